The molecule has 4 amide bonds. The number of rotatable bonds is 14. The zero-order valence-electron chi connectivity index (χ0n) is 34.8. The molecule has 0 saturated carbocycles. The van der Waals surface area contributed by atoms with E-state index in [1.807, 2.05) is 91.0 Å². The molecule has 2 aliphatic rings. The van der Waals surface area contributed by atoms with E-state index in [0.717, 1.165) is 11.1 Å². The number of piperidine rings is 1. The summed E-state index contributed by atoms with van der Waals surface area (Å²) < 4.78 is 5.52. The van der Waals surface area contributed by atoms with E-state index in [2.05, 4.69) is 29.8 Å². The van der Waals surface area contributed by atoms with Crippen LogP contribution in [0.3, 0.4) is 0 Å². The first-order valence-corrected chi connectivity index (χ1v) is 20.0. The smallest absolute Gasteiger partial charge is 0.408 e. The second kappa shape index (κ2) is 18.7. The fraction of sp³-hybridized carbons (Fsp3) is 0.591. The highest BCUT2D eigenvalue weighted by molar-refractivity contribution is 5.93. The fourth-order valence-electron chi connectivity index (χ4n) is 8.06. The third kappa shape index (κ3) is 12.8. The van der Waals surface area contributed by atoms with Crippen molar-refractivity contribution in [3.8, 4) is 5.75 Å². The Morgan fingerprint density at radius 1 is 0.893 bits per heavy atom. The normalized spacial score (nSPS) is 20.3. The maximum Gasteiger partial charge on any atom is 0.408 e. The summed E-state index contributed by atoms with van der Waals surface area (Å²) in [7, 11) is 0. The van der Waals surface area contributed by atoms with Gasteiger partial charge in [0.15, 0.2) is 0 Å². The molecule has 0 spiro atoms. The number of hydroxylamine groups is 2. The van der Waals surface area contributed by atoms with E-state index >= 15 is 0 Å². The molecule has 2 fully saturated rings. The van der Waals surface area contributed by atoms with Crippen molar-refractivity contribution in [2.24, 2.45) is 11.8 Å². The Kier molecular flexibility index (Phi) is 14.8. The number of carbonyl (C=O) groups is 4. The van der Waals surface area contributed by atoms with Gasteiger partial charge in [0.1, 0.15) is 23.4 Å². The van der Waals surface area contributed by atoms with Crippen LogP contribution < -0.4 is 16.0 Å². The van der Waals surface area contributed by atoms with Crippen LogP contribution in [-0.4, -0.2) is 91.5 Å². The molecule has 0 bridgehead atoms. The lowest BCUT2D eigenvalue weighted by Gasteiger charge is -2.51. The number of nitrogens with zero attached hydrogens (tertiary/aromatic N) is 2. The minimum atomic E-state index is -0.960. The van der Waals surface area contributed by atoms with Gasteiger partial charge in [-0.05, 0) is 116 Å². The van der Waals surface area contributed by atoms with Crippen molar-refractivity contribution in [3.63, 3.8) is 0 Å². The topological polar surface area (TPSA) is 161 Å². The standard InChI is InChI=1S/C44H65N5O7/c1-29(2)24-33(46-41(54)56-42(3,4)5)20-19-32(25-30-14-11-10-12-15-30)40(53)48-23-13-16-37(48)39(52)47-36(26-31-17-21-35(50)22-18-31)38(51)45-34-27-43(6,7)49(55)44(8,9)28-34/h10-12,14-15,17-22,29,32-34,36-37,50,55H,13,16,23-28H2,1-9H3,(H,45,51)(H,46,54)(H,47,52)/b20-19+/t32-,33-,36+,37+/m1/s1. The number of phenols is 1. The van der Waals surface area contributed by atoms with Crippen molar-refractivity contribution in [2.75, 3.05) is 6.54 Å². The number of likely N-dealkylation sites (tertiary alicyclic amines) is 1. The molecule has 2 heterocycles. The van der Waals surface area contributed by atoms with Crippen LogP contribution in [0.2, 0.25) is 0 Å². The minimum Gasteiger partial charge on any atom is -0.508 e. The Morgan fingerprint density at radius 2 is 1.50 bits per heavy atom. The number of phenolic OH excluding ortho intramolecular Hbond substituents is 1. The van der Waals surface area contributed by atoms with E-state index in [1.165, 1.54) is 5.06 Å². The summed E-state index contributed by atoms with van der Waals surface area (Å²) in [5.74, 6) is -1.25. The number of amides is 4. The molecule has 0 radical (unpaired) electrons. The van der Waals surface area contributed by atoms with Crippen molar-refractivity contribution in [2.45, 2.75) is 148 Å². The molecule has 56 heavy (non-hydrogen) atoms. The van der Waals surface area contributed by atoms with Gasteiger partial charge in [-0.1, -0.05) is 68.5 Å². The Morgan fingerprint density at radius 3 is 2.09 bits per heavy atom. The van der Waals surface area contributed by atoms with Gasteiger partial charge < -0.3 is 35.9 Å². The average Bonchev–Trinajstić information content (AvgIpc) is 3.59. The zero-order chi connectivity index (χ0) is 41.4. The molecule has 12 heteroatoms. The lowest BCUT2D eigenvalue weighted by Crippen LogP contribution is -2.64. The molecule has 2 aliphatic heterocycles. The summed E-state index contributed by atoms with van der Waals surface area (Å²) in [4.78, 5) is 57.2. The van der Waals surface area contributed by atoms with E-state index in [1.54, 1.807) is 29.2 Å². The van der Waals surface area contributed by atoms with E-state index in [0.29, 0.717) is 45.1 Å². The number of benzene rings is 2. The van der Waals surface area contributed by atoms with Crippen molar-refractivity contribution in [3.05, 3.63) is 77.9 Å². The molecule has 0 aliphatic carbocycles. The van der Waals surface area contributed by atoms with Crippen LogP contribution in [0.1, 0.15) is 106 Å². The van der Waals surface area contributed by atoms with Gasteiger partial charge in [0, 0.05) is 30.1 Å². The highest BCUT2D eigenvalue weighted by Gasteiger charge is 2.46. The maximum absolute atomic E-state index is 14.5. The van der Waals surface area contributed by atoms with E-state index in [4.69, 9.17) is 4.74 Å². The van der Waals surface area contributed by atoms with Crippen LogP contribution in [0, 0.1) is 11.8 Å². The second-order valence-electron chi connectivity index (χ2n) is 18.2. The molecule has 4 rings (SSSR count). The molecule has 2 saturated heterocycles. The van der Waals surface area contributed by atoms with Crippen LogP contribution in [0.4, 0.5) is 4.79 Å². The monoisotopic (exact) mass is 775 g/mol. The number of aromatic hydroxyl groups is 1. The first kappa shape index (κ1) is 44.3. The van der Waals surface area contributed by atoms with Crippen LogP contribution in [0.15, 0.2) is 66.7 Å². The zero-order valence-corrected chi connectivity index (χ0v) is 34.8. The summed E-state index contributed by atoms with van der Waals surface area (Å²) >= 11 is 0. The number of ether oxygens (including phenoxy) is 1. The molecular formula is C44H65N5O7. The molecule has 12 nitrogen and oxygen atoms in total. The fourth-order valence-corrected chi connectivity index (χ4v) is 8.06. The summed E-state index contributed by atoms with van der Waals surface area (Å²) in [5.41, 5.74) is -0.141. The molecule has 4 atom stereocenters. The average molecular weight is 776 g/mol. The van der Waals surface area contributed by atoms with Crippen LogP contribution in [0.25, 0.3) is 0 Å². The van der Waals surface area contributed by atoms with E-state index in [-0.39, 0.29) is 42.0 Å². The van der Waals surface area contributed by atoms with Gasteiger partial charge >= 0.3 is 6.09 Å². The quantitative estimate of drug-likeness (QED) is 0.140. The predicted octanol–water partition coefficient (Wildman–Crippen LogP) is 6.29. The maximum atomic E-state index is 14.5. The molecule has 5 N–H and O–H groups in total. The van der Waals surface area contributed by atoms with Crippen molar-refractivity contribution in [1.82, 2.24) is 25.9 Å². The number of alkyl carbamates (subject to hydrolysis) is 1. The minimum absolute atomic E-state index is 0.0920. The highest BCUT2D eigenvalue weighted by atomic mass is 16.6. The van der Waals surface area contributed by atoms with Gasteiger partial charge in [0.05, 0.1) is 12.0 Å². The third-order valence-electron chi connectivity index (χ3n) is 10.5. The first-order chi connectivity index (χ1) is 26.1. The first-order valence-electron chi connectivity index (χ1n) is 20.0. The van der Waals surface area contributed by atoms with Crippen molar-refractivity contribution < 1.29 is 34.2 Å². The van der Waals surface area contributed by atoms with Crippen LogP contribution in [0.5, 0.6) is 5.75 Å². The van der Waals surface area contributed by atoms with Crippen LogP contribution >= 0.6 is 0 Å². The number of hydrogen-bond donors (Lipinski definition) is 5. The molecule has 0 aromatic heterocycles. The lowest BCUT2D eigenvalue weighted by atomic mass is 9.79. The summed E-state index contributed by atoms with van der Waals surface area (Å²) in [6, 6.07) is 13.8. The van der Waals surface area contributed by atoms with Gasteiger partial charge in [0.25, 0.3) is 0 Å². The summed E-state index contributed by atoms with van der Waals surface area (Å²) in [6.07, 6.45) is 6.45. The second-order valence-corrected chi connectivity index (χ2v) is 18.2. The van der Waals surface area contributed by atoms with Crippen LogP contribution in [-0.2, 0) is 32.0 Å². The summed E-state index contributed by atoms with van der Waals surface area (Å²) in [6.45, 7) is 17.6. The number of nitrogens with one attached hydrogen (secondary N) is 3. The molecule has 308 valence electrons. The van der Waals surface area contributed by atoms with E-state index < -0.39 is 46.7 Å². The van der Waals surface area contributed by atoms with E-state index in [9.17, 15) is 29.5 Å². The van der Waals surface area contributed by atoms with Crippen molar-refractivity contribution >= 4 is 23.8 Å². The number of carbonyl (C=O) groups excluding carboxylic acids is 4. The SMILES string of the molecule is CC(C)C[C@@H](/C=C/[C@H](Cc1ccccc1)C(=O)N1CCC[C@H]1C(=O)N[C@@H](Cc1ccc(O)cc1)C(=O)NC1CC(C)(C)N(O)C(C)(C)C1)NC(=O)OC(C)(C)C. The summed E-state index contributed by atoms with van der Waals surface area (Å²) in [5, 5.41) is 31.2. The van der Waals surface area contributed by atoms with Gasteiger partial charge in [-0.2, -0.15) is 5.06 Å². The molecule has 2 aromatic rings. The third-order valence-corrected chi connectivity index (χ3v) is 10.5. The molecular weight excluding hydrogens is 711 g/mol. The Balaban J connectivity index is 1.57. The highest BCUT2D eigenvalue weighted by Crippen LogP contribution is 2.36. The number of hydrogen-bond acceptors (Lipinski definition) is 8. The Hall–Kier alpha value is -4.42. The molecule has 0 unspecified atom stereocenters. The Labute approximate surface area is 333 Å². The largest absolute Gasteiger partial charge is 0.508 e. The van der Waals surface area contributed by atoms with Gasteiger partial charge in [0.2, 0.25) is 17.7 Å². The van der Waals surface area contributed by atoms with Gasteiger partial charge in [-0.25, -0.2) is 4.79 Å². The Bertz CT molecular complexity index is 1650. The van der Waals surface area contributed by atoms with Gasteiger partial charge in [-0.15, -0.1) is 0 Å². The lowest BCUT2D eigenvalue weighted by molar-refractivity contribution is -0.246. The van der Waals surface area contributed by atoms with Gasteiger partial charge in [-0.3, -0.25) is 14.4 Å². The molecule has 2 aromatic carbocycles. The predicted molar refractivity (Wildman–Crippen MR) is 217 cm³/mol. The van der Waals surface area contributed by atoms with Crippen molar-refractivity contribution in [1.29, 1.82) is 0 Å².